The molecule has 0 fully saturated rings. The van der Waals surface area contributed by atoms with E-state index in [1.807, 2.05) is 0 Å². The second-order valence-electron chi connectivity index (χ2n) is 4.65. The minimum atomic E-state index is -3.00. The first-order valence-electron chi connectivity index (χ1n) is 6.89. The number of nitrogens with zero attached hydrogens (tertiary/aromatic N) is 1. The van der Waals surface area contributed by atoms with Gasteiger partial charge >= 0.3 is 6.61 Å². The molecule has 0 bridgehead atoms. The Labute approximate surface area is 137 Å². The summed E-state index contributed by atoms with van der Waals surface area (Å²) in [6, 6.07) is 14.0. The first-order valence-corrected chi connectivity index (χ1v) is 6.89. The fourth-order valence-corrected chi connectivity index (χ4v) is 2.03. The molecule has 0 spiro atoms. The maximum atomic E-state index is 12.4. The van der Waals surface area contributed by atoms with Crippen LogP contribution in [-0.4, -0.2) is 19.5 Å². The van der Waals surface area contributed by atoms with Crippen molar-refractivity contribution in [1.29, 1.82) is 5.26 Å². The van der Waals surface area contributed by atoms with Crippen LogP contribution in [0.2, 0.25) is 0 Å². The van der Waals surface area contributed by atoms with Gasteiger partial charge < -0.3 is 9.47 Å². The van der Waals surface area contributed by atoms with Gasteiger partial charge in [0.15, 0.2) is 0 Å². The number of ether oxygens (including phenoxy) is 2. The van der Waals surface area contributed by atoms with Gasteiger partial charge in [0, 0.05) is 11.1 Å². The molecular weight excluding hydrogens is 316 g/mol. The lowest BCUT2D eigenvalue weighted by atomic mass is 10.0. The lowest BCUT2D eigenvalue weighted by Crippen LogP contribution is -2.05. The van der Waals surface area contributed by atoms with Crippen LogP contribution in [0.4, 0.5) is 8.78 Å². The molecule has 0 saturated carbocycles. The standard InChI is InChI=1S/C18H13F2NO3/c1-23-15-7-4-6-13(10-15)17(22)14(11-21)9-12-5-2-3-8-16(12)24-18(19)20/h2-10,18H,1H3. The van der Waals surface area contributed by atoms with Crippen molar-refractivity contribution in [3.05, 3.63) is 65.2 Å². The summed E-state index contributed by atoms with van der Waals surface area (Å²) in [4.78, 5) is 12.4. The molecule has 2 rings (SSSR count). The van der Waals surface area contributed by atoms with Crippen LogP contribution in [0.3, 0.4) is 0 Å². The highest BCUT2D eigenvalue weighted by molar-refractivity contribution is 6.14. The number of para-hydroxylation sites is 1. The SMILES string of the molecule is COc1cccc(C(=O)C(C#N)=Cc2ccccc2OC(F)F)c1. The highest BCUT2D eigenvalue weighted by atomic mass is 19.3. The molecule has 6 heteroatoms. The molecule has 0 radical (unpaired) electrons. The first kappa shape index (κ1) is 17.2. The van der Waals surface area contributed by atoms with Crippen LogP contribution in [0.5, 0.6) is 11.5 Å². The van der Waals surface area contributed by atoms with Gasteiger partial charge in [0.25, 0.3) is 0 Å². The summed E-state index contributed by atoms with van der Waals surface area (Å²) in [6.45, 7) is -3.00. The predicted octanol–water partition coefficient (Wildman–Crippen LogP) is 4.09. The topological polar surface area (TPSA) is 59.3 Å². The molecule has 24 heavy (non-hydrogen) atoms. The second-order valence-corrected chi connectivity index (χ2v) is 4.65. The van der Waals surface area contributed by atoms with E-state index in [1.54, 1.807) is 24.3 Å². The van der Waals surface area contributed by atoms with Gasteiger partial charge in [-0.15, -0.1) is 0 Å². The molecule has 0 aromatic heterocycles. The molecule has 0 aliphatic carbocycles. The van der Waals surface area contributed by atoms with Gasteiger partial charge in [-0.1, -0.05) is 30.3 Å². The maximum absolute atomic E-state index is 12.4. The van der Waals surface area contributed by atoms with Crippen molar-refractivity contribution in [2.24, 2.45) is 0 Å². The van der Waals surface area contributed by atoms with Crippen LogP contribution in [0.25, 0.3) is 6.08 Å². The average molecular weight is 329 g/mol. The van der Waals surface area contributed by atoms with E-state index >= 15 is 0 Å². The zero-order valence-electron chi connectivity index (χ0n) is 12.7. The zero-order valence-corrected chi connectivity index (χ0v) is 12.7. The van der Waals surface area contributed by atoms with Crippen molar-refractivity contribution >= 4 is 11.9 Å². The van der Waals surface area contributed by atoms with Gasteiger partial charge in [-0.05, 0) is 24.3 Å². The molecule has 122 valence electrons. The minimum Gasteiger partial charge on any atom is -0.497 e. The Bertz CT molecular complexity index is 810. The summed E-state index contributed by atoms with van der Waals surface area (Å²) >= 11 is 0. The van der Waals surface area contributed by atoms with Gasteiger partial charge in [-0.3, -0.25) is 4.79 Å². The summed E-state index contributed by atoms with van der Waals surface area (Å²) in [5, 5.41) is 9.26. The largest absolute Gasteiger partial charge is 0.497 e. The molecule has 0 amide bonds. The third-order valence-corrected chi connectivity index (χ3v) is 3.13. The Morgan fingerprint density at radius 2 is 1.96 bits per heavy atom. The number of ketones is 1. The molecular formula is C18H13F2NO3. The zero-order chi connectivity index (χ0) is 17.5. The van der Waals surface area contributed by atoms with E-state index in [-0.39, 0.29) is 22.4 Å². The molecule has 0 unspecified atom stereocenters. The number of carbonyl (C=O) groups excluding carboxylic acids is 1. The number of Topliss-reactive ketones (excluding diaryl/α,β-unsaturated/α-hetero) is 1. The van der Waals surface area contributed by atoms with Gasteiger partial charge in [0.2, 0.25) is 5.78 Å². The van der Waals surface area contributed by atoms with Gasteiger partial charge in [-0.2, -0.15) is 14.0 Å². The number of hydrogen-bond donors (Lipinski definition) is 0. The summed E-state index contributed by atoms with van der Waals surface area (Å²) in [7, 11) is 1.46. The van der Waals surface area contributed by atoms with E-state index in [1.165, 1.54) is 43.5 Å². The summed E-state index contributed by atoms with van der Waals surface area (Å²) < 4.78 is 34.3. The van der Waals surface area contributed by atoms with Gasteiger partial charge in [0.05, 0.1) is 7.11 Å². The number of rotatable bonds is 6. The minimum absolute atomic E-state index is 0.112. The summed E-state index contributed by atoms with van der Waals surface area (Å²) in [5.74, 6) is -0.179. The van der Waals surface area contributed by atoms with Crippen molar-refractivity contribution < 1.29 is 23.0 Å². The van der Waals surface area contributed by atoms with Crippen molar-refractivity contribution in [2.75, 3.05) is 7.11 Å². The number of carbonyl (C=O) groups is 1. The van der Waals surface area contributed by atoms with Crippen LogP contribution in [0.15, 0.2) is 54.1 Å². The average Bonchev–Trinajstić information content (AvgIpc) is 2.60. The summed E-state index contributed by atoms with van der Waals surface area (Å²) in [6.07, 6.45) is 1.22. The van der Waals surface area contributed by atoms with E-state index in [0.717, 1.165) is 0 Å². The molecule has 0 atom stereocenters. The van der Waals surface area contributed by atoms with Crippen LogP contribution >= 0.6 is 0 Å². The van der Waals surface area contributed by atoms with E-state index in [2.05, 4.69) is 4.74 Å². The van der Waals surface area contributed by atoms with Gasteiger partial charge in [0.1, 0.15) is 23.1 Å². The Kier molecular flexibility index (Phi) is 5.63. The first-order chi connectivity index (χ1) is 11.5. The van der Waals surface area contributed by atoms with Crippen LogP contribution in [0.1, 0.15) is 15.9 Å². The Morgan fingerprint density at radius 1 is 1.21 bits per heavy atom. The Balaban J connectivity index is 2.39. The number of allylic oxidation sites excluding steroid dienone is 1. The molecule has 2 aromatic rings. The van der Waals surface area contributed by atoms with Crippen LogP contribution in [0, 0.1) is 11.3 Å². The monoisotopic (exact) mass is 329 g/mol. The number of alkyl halides is 2. The normalized spacial score (nSPS) is 11.0. The predicted molar refractivity (Wildman–Crippen MR) is 84.0 cm³/mol. The Morgan fingerprint density at radius 3 is 2.62 bits per heavy atom. The molecule has 0 aliphatic rings. The number of halogens is 2. The summed E-state index contributed by atoms with van der Waals surface area (Å²) in [5.41, 5.74) is 0.272. The second kappa shape index (κ2) is 7.88. The van der Waals surface area contributed by atoms with Crippen molar-refractivity contribution in [3.63, 3.8) is 0 Å². The molecule has 0 saturated heterocycles. The third kappa shape index (κ3) is 4.17. The lowest BCUT2D eigenvalue weighted by Gasteiger charge is -2.08. The van der Waals surface area contributed by atoms with Crippen LogP contribution in [-0.2, 0) is 0 Å². The van der Waals surface area contributed by atoms with E-state index in [9.17, 15) is 18.8 Å². The molecule has 2 aromatic carbocycles. The van der Waals surface area contributed by atoms with Crippen LogP contribution < -0.4 is 9.47 Å². The quantitative estimate of drug-likeness (QED) is 0.455. The van der Waals surface area contributed by atoms with E-state index in [0.29, 0.717) is 5.75 Å². The number of methoxy groups -OCH3 is 1. The fraction of sp³-hybridized carbons (Fsp3) is 0.111. The van der Waals surface area contributed by atoms with Crippen molar-refractivity contribution in [3.8, 4) is 17.6 Å². The molecule has 0 heterocycles. The van der Waals surface area contributed by atoms with Crippen molar-refractivity contribution in [1.82, 2.24) is 0 Å². The van der Waals surface area contributed by atoms with E-state index in [4.69, 9.17) is 4.74 Å². The third-order valence-electron chi connectivity index (χ3n) is 3.13. The maximum Gasteiger partial charge on any atom is 0.387 e. The number of hydrogen-bond acceptors (Lipinski definition) is 4. The Hall–Kier alpha value is -3.20. The molecule has 0 N–H and O–H groups in total. The highest BCUT2D eigenvalue weighted by Crippen LogP contribution is 2.24. The fourth-order valence-electron chi connectivity index (χ4n) is 2.03. The molecule has 4 nitrogen and oxygen atoms in total. The highest BCUT2D eigenvalue weighted by Gasteiger charge is 2.15. The van der Waals surface area contributed by atoms with Crippen molar-refractivity contribution in [2.45, 2.75) is 6.61 Å². The lowest BCUT2D eigenvalue weighted by molar-refractivity contribution is -0.0499. The number of nitriles is 1. The van der Waals surface area contributed by atoms with E-state index < -0.39 is 12.4 Å². The van der Waals surface area contributed by atoms with Gasteiger partial charge in [-0.25, -0.2) is 0 Å². The smallest absolute Gasteiger partial charge is 0.387 e. The molecule has 0 aliphatic heterocycles. The number of benzene rings is 2.